The van der Waals surface area contributed by atoms with Crippen molar-refractivity contribution in [1.29, 1.82) is 0 Å². The first kappa shape index (κ1) is 9.93. The Hall–Kier alpha value is -1.15. The second-order valence-electron chi connectivity index (χ2n) is 3.47. The fraction of sp³-hybridized carbons (Fsp3) is 0.364. The molecule has 0 heterocycles. The third-order valence-corrected chi connectivity index (χ3v) is 2.06. The summed E-state index contributed by atoms with van der Waals surface area (Å²) in [6.45, 7) is 5.65. The summed E-state index contributed by atoms with van der Waals surface area (Å²) in [5.41, 5.74) is 8.43. The van der Waals surface area contributed by atoms with Gasteiger partial charge in [-0.2, -0.15) is 0 Å². The van der Waals surface area contributed by atoms with Gasteiger partial charge in [0.25, 0.3) is 0 Å². The average Bonchev–Trinajstić information content (AvgIpc) is 2.03. The maximum atomic E-state index is 11.6. The van der Waals surface area contributed by atoms with Crippen LogP contribution in [0.15, 0.2) is 18.2 Å². The van der Waals surface area contributed by atoms with Crippen molar-refractivity contribution in [2.24, 2.45) is 5.73 Å². The summed E-state index contributed by atoms with van der Waals surface area (Å²) >= 11 is 0. The normalized spacial score (nSPS) is 12.6. The van der Waals surface area contributed by atoms with Gasteiger partial charge in [-0.05, 0) is 26.3 Å². The number of carbonyl (C=O) groups is 1. The number of nitrogens with two attached hydrogens (primary N) is 1. The smallest absolute Gasteiger partial charge is 0.179 e. The zero-order valence-corrected chi connectivity index (χ0v) is 8.29. The topological polar surface area (TPSA) is 43.1 Å². The van der Waals surface area contributed by atoms with Gasteiger partial charge in [0.05, 0.1) is 6.04 Å². The molecule has 2 N–H and O–H groups in total. The van der Waals surface area contributed by atoms with E-state index in [4.69, 9.17) is 5.73 Å². The molecule has 0 saturated carbocycles. The van der Waals surface area contributed by atoms with Gasteiger partial charge in [0.1, 0.15) is 0 Å². The van der Waals surface area contributed by atoms with Crippen molar-refractivity contribution in [2.75, 3.05) is 0 Å². The van der Waals surface area contributed by atoms with Crippen LogP contribution >= 0.6 is 0 Å². The second-order valence-corrected chi connectivity index (χ2v) is 3.47. The standard InChI is InChI=1S/C11H15NO/c1-7-4-5-10(8(2)6-7)11(13)9(3)12/h4-6,9H,12H2,1-3H3. The molecule has 1 aromatic carbocycles. The van der Waals surface area contributed by atoms with Crippen LogP contribution in [0.1, 0.15) is 28.4 Å². The Bertz CT molecular complexity index is 329. The molecule has 2 heteroatoms. The van der Waals surface area contributed by atoms with E-state index in [0.29, 0.717) is 0 Å². The average molecular weight is 177 g/mol. The molecule has 13 heavy (non-hydrogen) atoms. The van der Waals surface area contributed by atoms with Gasteiger partial charge in [-0.1, -0.05) is 23.8 Å². The minimum Gasteiger partial charge on any atom is -0.321 e. The van der Waals surface area contributed by atoms with Crippen molar-refractivity contribution in [3.8, 4) is 0 Å². The van der Waals surface area contributed by atoms with E-state index in [0.717, 1.165) is 11.1 Å². The Kier molecular flexibility index (Phi) is 2.83. The first-order chi connectivity index (χ1) is 6.02. The number of benzene rings is 1. The number of hydrogen-bond donors (Lipinski definition) is 1. The van der Waals surface area contributed by atoms with Gasteiger partial charge in [-0.25, -0.2) is 0 Å². The van der Waals surface area contributed by atoms with Gasteiger partial charge in [-0.15, -0.1) is 0 Å². The van der Waals surface area contributed by atoms with Crippen molar-refractivity contribution in [2.45, 2.75) is 26.8 Å². The predicted octanol–water partition coefficient (Wildman–Crippen LogP) is 1.83. The first-order valence-corrected chi connectivity index (χ1v) is 4.39. The van der Waals surface area contributed by atoms with Gasteiger partial charge in [-0.3, -0.25) is 4.79 Å². The molecule has 0 spiro atoms. The zero-order valence-electron chi connectivity index (χ0n) is 8.29. The van der Waals surface area contributed by atoms with E-state index < -0.39 is 6.04 Å². The van der Waals surface area contributed by atoms with Crippen LogP contribution in [-0.2, 0) is 0 Å². The highest BCUT2D eigenvalue weighted by atomic mass is 16.1. The molecule has 1 aromatic rings. The quantitative estimate of drug-likeness (QED) is 0.700. The predicted molar refractivity (Wildman–Crippen MR) is 53.9 cm³/mol. The monoisotopic (exact) mass is 177 g/mol. The molecular weight excluding hydrogens is 162 g/mol. The van der Waals surface area contributed by atoms with Crippen molar-refractivity contribution in [3.05, 3.63) is 34.9 Å². The molecule has 0 fully saturated rings. The zero-order chi connectivity index (χ0) is 10.0. The molecule has 0 radical (unpaired) electrons. The highest BCUT2D eigenvalue weighted by Crippen LogP contribution is 2.11. The Morgan fingerprint density at radius 3 is 2.46 bits per heavy atom. The minimum atomic E-state index is -0.415. The van der Waals surface area contributed by atoms with Gasteiger partial charge < -0.3 is 5.73 Å². The molecule has 0 aliphatic carbocycles. The molecular formula is C11H15NO. The number of ketones is 1. The molecule has 0 aliphatic rings. The lowest BCUT2D eigenvalue weighted by Gasteiger charge is -2.07. The lowest BCUT2D eigenvalue weighted by Crippen LogP contribution is -2.27. The minimum absolute atomic E-state index is 0.0116. The van der Waals surface area contributed by atoms with Crippen LogP contribution in [0.5, 0.6) is 0 Å². The summed E-state index contributed by atoms with van der Waals surface area (Å²) in [7, 11) is 0. The molecule has 0 aromatic heterocycles. The summed E-state index contributed by atoms with van der Waals surface area (Å²) in [4.78, 5) is 11.6. The van der Waals surface area contributed by atoms with Gasteiger partial charge >= 0.3 is 0 Å². The molecule has 0 bridgehead atoms. The summed E-state index contributed by atoms with van der Waals surface area (Å²) in [5.74, 6) is 0.0116. The Balaban J connectivity index is 3.09. The maximum absolute atomic E-state index is 11.6. The third kappa shape index (κ3) is 2.16. The second kappa shape index (κ2) is 3.71. The fourth-order valence-corrected chi connectivity index (χ4v) is 1.34. The highest BCUT2D eigenvalue weighted by molar-refractivity contribution is 6.00. The van der Waals surface area contributed by atoms with Crippen LogP contribution in [0.25, 0.3) is 0 Å². The SMILES string of the molecule is Cc1ccc(C(=O)C(C)N)c(C)c1. The van der Waals surface area contributed by atoms with Crippen molar-refractivity contribution in [1.82, 2.24) is 0 Å². The van der Waals surface area contributed by atoms with Crippen LogP contribution in [0.2, 0.25) is 0 Å². The Morgan fingerprint density at radius 2 is 2.00 bits per heavy atom. The van der Waals surface area contributed by atoms with E-state index in [-0.39, 0.29) is 5.78 Å². The van der Waals surface area contributed by atoms with E-state index in [1.54, 1.807) is 6.92 Å². The molecule has 0 aliphatic heterocycles. The maximum Gasteiger partial charge on any atom is 0.179 e. The van der Waals surface area contributed by atoms with Crippen LogP contribution in [-0.4, -0.2) is 11.8 Å². The number of rotatable bonds is 2. The number of carbonyl (C=O) groups excluding carboxylic acids is 1. The largest absolute Gasteiger partial charge is 0.321 e. The van der Waals surface area contributed by atoms with E-state index in [1.807, 2.05) is 32.0 Å². The Morgan fingerprint density at radius 1 is 1.38 bits per heavy atom. The van der Waals surface area contributed by atoms with Crippen molar-refractivity contribution >= 4 is 5.78 Å². The van der Waals surface area contributed by atoms with E-state index >= 15 is 0 Å². The molecule has 1 atom stereocenters. The number of hydrogen-bond acceptors (Lipinski definition) is 2. The Labute approximate surface area is 78.8 Å². The molecule has 1 rings (SSSR count). The molecule has 0 amide bonds. The fourth-order valence-electron chi connectivity index (χ4n) is 1.34. The van der Waals surface area contributed by atoms with Crippen LogP contribution in [0, 0.1) is 13.8 Å². The van der Waals surface area contributed by atoms with E-state index in [1.165, 1.54) is 5.56 Å². The lowest BCUT2D eigenvalue weighted by atomic mass is 9.99. The summed E-state index contributed by atoms with van der Waals surface area (Å²) in [6, 6.07) is 5.36. The van der Waals surface area contributed by atoms with Gasteiger partial charge in [0, 0.05) is 5.56 Å². The summed E-state index contributed by atoms with van der Waals surface area (Å²) < 4.78 is 0. The van der Waals surface area contributed by atoms with E-state index in [9.17, 15) is 4.79 Å². The van der Waals surface area contributed by atoms with E-state index in [2.05, 4.69) is 0 Å². The third-order valence-electron chi connectivity index (χ3n) is 2.06. The molecule has 0 saturated heterocycles. The summed E-state index contributed by atoms with van der Waals surface area (Å²) in [6.07, 6.45) is 0. The molecule has 1 unspecified atom stereocenters. The molecule has 2 nitrogen and oxygen atoms in total. The van der Waals surface area contributed by atoms with Crippen LogP contribution in [0.4, 0.5) is 0 Å². The number of aryl methyl sites for hydroxylation is 2. The van der Waals surface area contributed by atoms with Crippen LogP contribution in [0.3, 0.4) is 0 Å². The van der Waals surface area contributed by atoms with Crippen molar-refractivity contribution in [3.63, 3.8) is 0 Å². The van der Waals surface area contributed by atoms with Gasteiger partial charge in [0.15, 0.2) is 5.78 Å². The lowest BCUT2D eigenvalue weighted by molar-refractivity contribution is 0.0967. The van der Waals surface area contributed by atoms with Crippen molar-refractivity contribution < 1.29 is 4.79 Å². The molecule has 70 valence electrons. The van der Waals surface area contributed by atoms with Crippen LogP contribution < -0.4 is 5.73 Å². The number of Topliss-reactive ketones (excluding diaryl/α,β-unsaturated/α-hetero) is 1. The first-order valence-electron chi connectivity index (χ1n) is 4.39. The summed E-state index contributed by atoms with van der Waals surface area (Å²) in [5, 5.41) is 0. The highest BCUT2D eigenvalue weighted by Gasteiger charge is 2.12. The van der Waals surface area contributed by atoms with Gasteiger partial charge in [0.2, 0.25) is 0 Å².